The normalized spacial score (nSPS) is 10.1. The number of rotatable bonds is 6. The molecule has 2 aromatic rings. The van der Waals surface area contributed by atoms with Crippen LogP contribution in [0.1, 0.15) is 16.1 Å². The van der Waals surface area contributed by atoms with Crippen LogP contribution in [0.4, 0.5) is 5.82 Å². The molecule has 104 valence electrons. The molecule has 0 aliphatic carbocycles. The third kappa shape index (κ3) is 3.71. The number of aromatic carboxylic acids is 1. The summed E-state index contributed by atoms with van der Waals surface area (Å²) in [6.45, 7) is 2.77. The van der Waals surface area contributed by atoms with E-state index < -0.39 is 5.97 Å². The molecule has 5 heteroatoms. The molecule has 0 bridgehead atoms. The van der Waals surface area contributed by atoms with Crippen molar-refractivity contribution < 1.29 is 14.6 Å². The molecule has 0 aliphatic heterocycles. The minimum absolute atomic E-state index is 0.219. The molecule has 0 atom stereocenters. The van der Waals surface area contributed by atoms with Crippen molar-refractivity contribution in [3.63, 3.8) is 0 Å². The lowest BCUT2D eigenvalue weighted by molar-refractivity contribution is 0.0695. The molecule has 0 spiro atoms. The van der Waals surface area contributed by atoms with Crippen LogP contribution in [0.5, 0.6) is 5.75 Å². The van der Waals surface area contributed by atoms with Crippen LogP contribution in [0.15, 0.2) is 42.5 Å². The van der Waals surface area contributed by atoms with Gasteiger partial charge in [-0.1, -0.05) is 18.2 Å². The van der Waals surface area contributed by atoms with Crippen LogP contribution in [-0.4, -0.2) is 29.2 Å². The summed E-state index contributed by atoms with van der Waals surface area (Å²) in [6, 6.07) is 12.7. The van der Waals surface area contributed by atoms with E-state index in [0.29, 0.717) is 24.7 Å². The van der Waals surface area contributed by atoms with E-state index >= 15 is 0 Å². The Morgan fingerprint density at radius 2 is 2.00 bits per heavy atom. The lowest BCUT2D eigenvalue weighted by atomic mass is 10.2. The van der Waals surface area contributed by atoms with Crippen molar-refractivity contribution in [2.45, 2.75) is 6.92 Å². The van der Waals surface area contributed by atoms with Crippen molar-refractivity contribution in [3.8, 4) is 5.75 Å². The molecule has 1 aromatic heterocycles. The van der Waals surface area contributed by atoms with Crippen molar-refractivity contribution in [1.29, 1.82) is 0 Å². The number of nitrogens with zero attached hydrogens (tertiary/aromatic N) is 1. The monoisotopic (exact) mass is 272 g/mol. The standard InChI is InChI=1S/C15H16N2O3/c1-11-13(15(18)19)7-8-14(17-11)16-9-10-20-12-5-3-2-4-6-12/h2-8H,9-10H2,1H3,(H,16,17)(H,18,19). The first-order valence-corrected chi connectivity index (χ1v) is 6.29. The van der Waals surface area contributed by atoms with Gasteiger partial charge < -0.3 is 15.2 Å². The highest BCUT2D eigenvalue weighted by Gasteiger charge is 2.08. The lowest BCUT2D eigenvalue weighted by Crippen LogP contribution is -2.13. The molecule has 5 nitrogen and oxygen atoms in total. The molecule has 0 radical (unpaired) electrons. The van der Waals surface area contributed by atoms with Crippen LogP contribution in [0.3, 0.4) is 0 Å². The lowest BCUT2D eigenvalue weighted by Gasteiger charge is -2.09. The fraction of sp³-hybridized carbons (Fsp3) is 0.200. The third-order valence-electron chi connectivity index (χ3n) is 2.74. The highest BCUT2D eigenvalue weighted by Crippen LogP contribution is 2.11. The molecular weight excluding hydrogens is 256 g/mol. The number of ether oxygens (including phenoxy) is 1. The van der Waals surface area contributed by atoms with Crippen LogP contribution in [0, 0.1) is 6.92 Å². The molecule has 0 aliphatic rings. The Morgan fingerprint density at radius 3 is 2.65 bits per heavy atom. The maximum absolute atomic E-state index is 10.9. The predicted octanol–water partition coefficient (Wildman–Crippen LogP) is 2.58. The summed E-state index contributed by atoms with van der Waals surface area (Å²) in [5.41, 5.74) is 0.711. The van der Waals surface area contributed by atoms with Gasteiger partial charge in [-0.05, 0) is 31.2 Å². The van der Waals surface area contributed by atoms with Gasteiger partial charge in [0.2, 0.25) is 0 Å². The van der Waals surface area contributed by atoms with Crippen LogP contribution in [-0.2, 0) is 0 Å². The molecule has 0 saturated carbocycles. The number of benzene rings is 1. The predicted molar refractivity (Wildman–Crippen MR) is 76.4 cm³/mol. The quantitative estimate of drug-likeness (QED) is 0.791. The molecule has 20 heavy (non-hydrogen) atoms. The summed E-state index contributed by atoms with van der Waals surface area (Å²) in [6.07, 6.45) is 0. The molecule has 0 amide bonds. The average molecular weight is 272 g/mol. The number of pyridine rings is 1. The fourth-order valence-electron chi connectivity index (χ4n) is 1.75. The number of hydrogen-bond donors (Lipinski definition) is 2. The Bertz CT molecular complexity index is 585. The number of aryl methyl sites for hydroxylation is 1. The van der Waals surface area contributed by atoms with E-state index in [4.69, 9.17) is 9.84 Å². The van der Waals surface area contributed by atoms with E-state index in [-0.39, 0.29) is 5.56 Å². The average Bonchev–Trinajstić information content (AvgIpc) is 2.44. The first kappa shape index (κ1) is 13.9. The van der Waals surface area contributed by atoms with Gasteiger partial charge in [-0.2, -0.15) is 0 Å². The summed E-state index contributed by atoms with van der Waals surface area (Å²) in [5, 5.41) is 12.0. The Kier molecular flexibility index (Phi) is 4.55. The number of carboxylic acids is 1. The van der Waals surface area contributed by atoms with Crippen LogP contribution in [0.25, 0.3) is 0 Å². The van der Waals surface area contributed by atoms with Crippen molar-refractivity contribution in [3.05, 3.63) is 53.7 Å². The van der Waals surface area contributed by atoms with Crippen molar-refractivity contribution in [2.75, 3.05) is 18.5 Å². The van der Waals surface area contributed by atoms with Gasteiger partial charge in [0.25, 0.3) is 0 Å². The smallest absolute Gasteiger partial charge is 0.337 e. The minimum atomic E-state index is -0.964. The zero-order chi connectivity index (χ0) is 14.4. The Morgan fingerprint density at radius 1 is 1.25 bits per heavy atom. The Labute approximate surface area is 117 Å². The Balaban J connectivity index is 1.83. The molecule has 1 heterocycles. The highest BCUT2D eigenvalue weighted by molar-refractivity contribution is 5.89. The van der Waals surface area contributed by atoms with E-state index in [1.807, 2.05) is 30.3 Å². The number of para-hydroxylation sites is 1. The molecular formula is C15H16N2O3. The number of anilines is 1. The number of carbonyl (C=O) groups is 1. The van der Waals surface area contributed by atoms with Gasteiger partial charge in [0.15, 0.2) is 0 Å². The Hall–Kier alpha value is -2.56. The summed E-state index contributed by atoms with van der Waals surface area (Å²) in [4.78, 5) is 15.1. The van der Waals surface area contributed by atoms with Gasteiger partial charge in [0, 0.05) is 0 Å². The van der Waals surface area contributed by atoms with E-state index in [1.165, 1.54) is 0 Å². The SMILES string of the molecule is Cc1nc(NCCOc2ccccc2)ccc1C(=O)O. The van der Waals surface area contributed by atoms with Crippen molar-refractivity contribution in [1.82, 2.24) is 4.98 Å². The van der Waals surface area contributed by atoms with E-state index in [0.717, 1.165) is 5.75 Å². The summed E-state index contributed by atoms with van der Waals surface area (Å²) in [7, 11) is 0. The first-order valence-electron chi connectivity index (χ1n) is 6.29. The third-order valence-corrected chi connectivity index (χ3v) is 2.74. The van der Waals surface area contributed by atoms with E-state index in [2.05, 4.69) is 10.3 Å². The van der Waals surface area contributed by atoms with Gasteiger partial charge >= 0.3 is 5.97 Å². The largest absolute Gasteiger partial charge is 0.492 e. The summed E-state index contributed by atoms with van der Waals surface area (Å²) < 4.78 is 5.54. The number of aromatic nitrogens is 1. The topological polar surface area (TPSA) is 71.5 Å². The number of hydrogen-bond acceptors (Lipinski definition) is 4. The zero-order valence-electron chi connectivity index (χ0n) is 11.2. The van der Waals surface area contributed by atoms with Crippen LogP contribution < -0.4 is 10.1 Å². The molecule has 2 rings (SSSR count). The molecule has 0 saturated heterocycles. The van der Waals surface area contributed by atoms with Gasteiger partial charge in [-0.3, -0.25) is 0 Å². The maximum Gasteiger partial charge on any atom is 0.337 e. The second-order valence-corrected chi connectivity index (χ2v) is 4.22. The van der Waals surface area contributed by atoms with Crippen molar-refractivity contribution in [2.24, 2.45) is 0 Å². The van der Waals surface area contributed by atoms with Crippen molar-refractivity contribution >= 4 is 11.8 Å². The number of nitrogens with one attached hydrogen (secondary N) is 1. The fourth-order valence-corrected chi connectivity index (χ4v) is 1.75. The molecule has 1 aromatic carbocycles. The second kappa shape index (κ2) is 6.56. The highest BCUT2D eigenvalue weighted by atomic mass is 16.5. The first-order chi connectivity index (χ1) is 9.66. The van der Waals surface area contributed by atoms with Gasteiger partial charge in [-0.25, -0.2) is 9.78 Å². The summed E-state index contributed by atoms with van der Waals surface area (Å²) in [5.74, 6) is 0.498. The van der Waals surface area contributed by atoms with Gasteiger partial charge in [0.1, 0.15) is 18.2 Å². The zero-order valence-corrected chi connectivity index (χ0v) is 11.2. The molecule has 2 N–H and O–H groups in total. The second-order valence-electron chi connectivity index (χ2n) is 4.22. The minimum Gasteiger partial charge on any atom is -0.492 e. The van der Waals surface area contributed by atoms with Crippen LogP contribution in [0.2, 0.25) is 0 Å². The molecule has 0 unspecified atom stereocenters. The number of carboxylic acid groups (broad SMARTS) is 1. The van der Waals surface area contributed by atoms with Crippen LogP contribution >= 0.6 is 0 Å². The summed E-state index contributed by atoms with van der Waals surface area (Å²) >= 11 is 0. The maximum atomic E-state index is 10.9. The van der Waals surface area contributed by atoms with Gasteiger partial charge in [-0.15, -0.1) is 0 Å². The van der Waals surface area contributed by atoms with E-state index in [9.17, 15) is 4.79 Å². The molecule has 0 fully saturated rings. The van der Waals surface area contributed by atoms with Gasteiger partial charge in [0.05, 0.1) is 17.8 Å². The van der Waals surface area contributed by atoms with E-state index in [1.54, 1.807) is 19.1 Å².